The highest BCUT2D eigenvalue weighted by Gasteiger charge is 2.20. The largest absolute Gasteiger partial charge is 0.289 e. The average molecular weight is 234 g/mol. The third-order valence-corrected chi connectivity index (χ3v) is 3.40. The summed E-state index contributed by atoms with van der Waals surface area (Å²) in [7, 11) is 0. The summed E-state index contributed by atoms with van der Waals surface area (Å²) in [6.07, 6.45) is 2.88. The molecule has 18 heavy (non-hydrogen) atoms. The molecule has 0 saturated carbocycles. The third kappa shape index (κ3) is 1.78. The van der Waals surface area contributed by atoms with Crippen molar-refractivity contribution < 1.29 is 4.79 Å². The number of fused-ring (bicyclic) bond motifs is 1. The van der Waals surface area contributed by atoms with Gasteiger partial charge >= 0.3 is 0 Å². The molecular formula is C17H14O. The van der Waals surface area contributed by atoms with E-state index >= 15 is 0 Å². The number of hydrogen-bond donors (Lipinski definition) is 0. The Morgan fingerprint density at radius 2 is 1.67 bits per heavy atom. The summed E-state index contributed by atoms with van der Waals surface area (Å²) in [4.78, 5) is 12.4. The Kier molecular flexibility index (Phi) is 2.60. The van der Waals surface area contributed by atoms with E-state index in [-0.39, 0.29) is 5.78 Å². The summed E-state index contributed by atoms with van der Waals surface area (Å²) < 4.78 is 0. The molecule has 2 aromatic carbocycles. The van der Waals surface area contributed by atoms with Gasteiger partial charge in [0.25, 0.3) is 0 Å². The van der Waals surface area contributed by atoms with Gasteiger partial charge in [-0.1, -0.05) is 60.2 Å². The van der Waals surface area contributed by atoms with Crippen LogP contribution in [-0.4, -0.2) is 5.78 Å². The third-order valence-electron chi connectivity index (χ3n) is 3.40. The van der Waals surface area contributed by atoms with Crippen LogP contribution in [0, 0.1) is 6.92 Å². The molecule has 88 valence electrons. The minimum Gasteiger partial charge on any atom is -0.289 e. The van der Waals surface area contributed by atoms with Gasteiger partial charge in [0.15, 0.2) is 5.78 Å². The highest BCUT2D eigenvalue weighted by molar-refractivity contribution is 6.30. The van der Waals surface area contributed by atoms with Gasteiger partial charge in [0, 0.05) is 11.1 Å². The van der Waals surface area contributed by atoms with E-state index in [4.69, 9.17) is 0 Å². The number of carbonyl (C=O) groups excluding carboxylic acids is 1. The van der Waals surface area contributed by atoms with E-state index < -0.39 is 0 Å². The first-order valence-corrected chi connectivity index (χ1v) is 6.15. The molecule has 0 amide bonds. The molecule has 0 heterocycles. The second-order valence-corrected chi connectivity index (χ2v) is 4.67. The molecule has 0 radical (unpaired) electrons. The van der Waals surface area contributed by atoms with E-state index in [0.717, 1.165) is 28.7 Å². The molecular weight excluding hydrogens is 220 g/mol. The molecule has 1 nitrogen and oxygen atoms in total. The first kappa shape index (κ1) is 11.0. The van der Waals surface area contributed by atoms with Gasteiger partial charge in [0.1, 0.15) is 0 Å². The molecule has 2 aromatic rings. The van der Waals surface area contributed by atoms with Crippen molar-refractivity contribution in [2.45, 2.75) is 13.3 Å². The van der Waals surface area contributed by atoms with Gasteiger partial charge in [0.05, 0.1) is 0 Å². The topological polar surface area (TPSA) is 17.1 Å². The first-order chi connectivity index (χ1) is 8.75. The fourth-order valence-electron chi connectivity index (χ4n) is 2.35. The number of ketones is 1. The molecule has 0 atom stereocenters. The molecule has 0 bridgehead atoms. The van der Waals surface area contributed by atoms with E-state index in [2.05, 4.69) is 6.92 Å². The van der Waals surface area contributed by atoms with Crippen molar-refractivity contribution in [3.05, 3.63) is 76.9 Å². The van der Waals surface area contributed by atoms with Crippen molar-refractivity contribution in [2.24, 2.45) is 0 Å². The lowest BCUT2D eigenvalue weighted by molar-refractivity contribution is 0.105. The minimum absolute atomic E-state index is 0.140. The smallest absolute Gasteiger partial charge is 0.193 e. The summed E-state index contributed by atoms with van der Waals surface area (Å²) in [5, 5.41) is 0. The summed E-state index contributed by atoms with van der Waals surface area (Å²) in [6.45, 7) is 2.05. The first-order valence-electron chi connectivity index (χ1n) is 6.15. The Labute approximate surface area is 107 Å². The zero-order valence-corrected chi connectivity index (χ0v) is 10.3. The summed E-state index contributed by atoms with van der Waals surface area (Å²) >= 11 is 0. The Morgan fingerprint density at radius 1 is 0.944 bits per heavy atom. The minimum atomic E-state index is 0.140. The van der Waals surface area contributed by atoms with Crippen molar-refractivity contribution in [3.63, 3.8) is 0 Å². The van der Waals surface area contributed by atoms with Crippen molar-refractivity contribution in [1.82, 2.24) is 0 Å². The summed E-state index contributed by atoms with van der Waals surface area (Å²) in [5.74, 6) is 0.140. The second kappa shape index (κ2) is 4.26. The molecule has 0 N–H and O–H groups in total. The number of Topliss-reactive ketones (excluding diaryl/α,β-unsaturated/α-hetero) is 1. The van der Waals surface area contributed by atoms with Gasteiger partial charge in [-0.2, -0.15) is 0 Å². The van der Waals surface area contributed by atoms with Crippen molar-refractivity contribution in [1.29, 1.82) is 0 Å². The van der Waals surface area contributed by atoms with Crippen molar-refractivity contribution >= 4 is 11.4 Å². The number of benzene rings is 2. The van der Waals surface area contributed by atoms with E-state index in [9.17, 15) is 4.79 Å². The quantitative estimate of drug-likeness (QED) is 0.733. The fourth-order valence-corrected chi connectivity index (χ4v) is 2.35. The molecule has 0 aromatic heterocycles. The highest BCUT2D eigenvalue weighted by Crippen LogP contribution is 2.27. The van der Waals surface area contributed by atoms with Crippen molar-refractivity contribution in [3.8, 4) is 0 Å². The van der Waals surface area contributed by atoms with Gasteiger partial charge < -0.3 is 0 Å². The van der Waals surface area contributed by atoms with Crippen LogP contribution in [-0.2, 0) is 6.42 Å². The van der Waals surface area contributed by atoms with Crippen LogP contribution in [0.25, 0.3) is 5.57 Å². The van der Waals surface area contributed by atoms with Gasteiger partial charge in [-0.15, -0.1) is 0 Å². The van der Waals surface area contributed by atoms with Crippen LogP contribution in [0.2, 0.25) is 0 Å². The zero-order chi connectivity index (χ0) is 12.5. The maximum atomic E-state index is 12.4. The van der Waals surface area contributed by atoms with Gasteiger partial charge in [-0.25, -0.2) is 0 Å². The molecule has 1 aliphatic carbocycles. The Morgan fingerprint density at radius 3 is 2.44 bits per heavy atom. The molecule has 3 rings (SSSR count). The van der Waals surface area contributed by atoms with Crippen LogP contribution in [0.1, 0.15) is 27.0 Å². The number of hydrogen-bond acceptors (Lipinski definition) is 1. The predicted octanol–water partition coefficient (Wildman–Crippen LogP) is 3.82. The van der Waals surface area contributed by atoms with Crippen LogP contribution >= 0.6 is 0 Å². The van der Waals surface area contributed by atoms with E-state index in [1.807, 2.05) is 54.6 Å². The van der Waals surface area contributed by atoms with E-state index in [1.54, 1.807) is 0 Å². The molecule has 0 saturated heterocycles. The number of carbonyl (C=O) groups is 1. The zero-order valence-electron chi connectivity index (χ0n) is 10.3. The maximum Gasteiger partial charge on any atom is 0.193 e. The van der Waals surface area contributed by atoms with Crippen LogP contribution in [0.5, 0.6) is 0 Å². The predicted molar refractivity (Wildman–Crippen MR) is 73.6 cm³/mol. The number of rotatable bonds is 1. The van der Waals surface area contributed by atoms with E-state index in [0.29, 0.717) is 0 Å². The van der Waals surface area contributed by atoms with Gasteiger partial charge in [0.2, 0.25) is 0 Å². The van der Waals surface area contributed by atoms with Gasteiger partial charge in [-0.05, 0) is 24.5 Å². The van der Waals surface area contributed by atoms with Crippen LogP contribution in [0.15, 0.2) is 54.6 Å². The van der Waals surface area contributed by atoms with E-state index in [1.165, 1.54) is 5.56 Å². The monoisotopic (exact) mass is 234 g/mol. The highest BCUT2D eigenvalue weighted by atomic mass is 16.1. The maximum absolute atomic E-state index is 12.4. The van der Waals surface area contributed by atoms with Crippen LogP contribution < -0.4 is 0 Å². The standard InChI is InChI=1S/C17H14O/c1-12-6-8-14(9-7-12)16-11-10-13-4-2-3-5-15(13)17(16)18/h2-9,11H,10H2,1H3. The Balaban J connectivity index is 2.04. The summed E-state index contributed by atoms with van der Waals surface area (Å²) in [6, 6.07) is 16.0. The van der Waals surface area contributed by atoms with Crippen LogP contribution in [0.4, 0.5) is 0 Å². The van der Waals surface area contributed by atoms with Gasteiger partial charge in [-0.3, -0.25) is 4.79 Å². The Hall–Kier alpha value is -2.15. The SMILES string of the molecule is Cc1ccc(C2=CCc3ccccc3C2=O)cc1. The molecule has 0 spiro atoms. The second-order valence-electron chi connectivity index (χ2n) is 4.67. The fraction of sp³-hybridized carbons (Fsp3) is 0.118. The average Bonchev–Trinajstić information content (AvgIpc) is 2.41. The molecule has 0 aliphatic heterocycles. The number of allylic oxidation sites excluding steroid dienone is 2. The lowest BCUT2D eigenvalue weighted by Gasteiger charge is -2.16. The van der Waals surface area contributed by atoms with Crippen LogP contribution in [0.3, 0.4) is 0 Å². The number of aryl methyl sites for hydroxylation is 1. The molecule has 1 aliphatic rings. The Bertz CT molecular complexity index is 633. The molecule has 0 fully saturated rings. The van der Waals surface area contributed by atoms with Crippen molar-refractivity contribution in [2.75, 3.05) is 0 Å². The normalized spacial score (nSPS) is 14.1. The molecule has 0 unspecified atom stereocenters. The molecule has 1 heteroatoms. The lowest BCUT2D eigenvalue weighted by Crippen LogP contribution is -2.11. The lowest BCUT2D eigenvalue weighted by atomic mass is 9.87. The summed E-state index contributed by atoms with van der Waals surface area (Å²) in [5.41, 5.74) is 5.02.